The predicted molar refractivity (Wildman–Crippen MR) is 137 cm³/mol. The molecule has 0 radical (unpaired) electrons. The summed E-state index contributed by atoms with van der Waals surface area (Å²) >= 11 is 0. The van der Waals surface area contributed by atoms with Crippen molar-refractivity contribution in [3.8, 4) is 5.75 Å². The normalized spacial score (nSPS) is 11.5. The monoisotopic (exact) mass is 459 g/mol. The molecule has 1 unspecified atom stereocenters. The molecule has 0 heterocycles. The van der Waals surface area contributed by atoms with E-state index >= 15 is 0 Å². The molecule has 0 bridgehead atoms. The zero-order valence-corrected chi connectivity index (χ0v) is 20.0. The molecule has 0 fully saturated rings. The van der Waals surface area contributed by atoms with E-state index in [4.69, 9.17) is 4.74 Å². The van der Waals surface area contributed by atoms with Crippen LogP contribution in [0.5, 0.6) is 5.75 Å². The van der Waals surface area contributed by atoms with Gasteiger partial charge in [0.05, 0.1) is 19.2 Å². The maximum Gasteiger partial charge on any atom is 0.251 e. The molecular weight excluding hydrogens is 426 g/mol. The van der Waals surface area contributed by atoms with Crippen molar-refractivity contribution in [3.63, 3.8) is 0 Å². The maximum absolute atomic E-state index is 12.7. The molecule has 6 nitrogen and oxygen atoms in total. The van der Waals surface area contributed by atoms with Crippen LogP contribution in [0.3, 0.4) is 0 Å². The van der Waals surface area contributed by atoms with Crippen molar-refractivity contribution in [2.75, 3.05) is 23.8 Å². The van der Waals surface area contributed by atoms with Gasteiger partial charge in [0, 0.05) is 23.0 Å². The second-order valence-electron chi connectivity index (χ2n) is 8.65. The molecule has 3 aromatic rings. The van der Waals surface area contributed by atoms with Gasteiger partial charge in [-0.25, -0.2) is 0 Å². The van der Waals surface area contributed by atoms with E-state index in [0.717, 1.165) is 23.4 Å². The Morgan fingerprint density at radius 2 is 1.59 bits per heavy atom. The zero-order valence-electron chi connectivity index (χ0n) is 20.0. The van der Waals surface area contributed by atoms with E-state index in [1.165, 1.54) is 0 Å². The quantitative estimate of drug-likeness (QED) is 0.346. The lowest BCUT2D eigenvalue weighted by Gasteiger charge is -2.15. The number of carbonyl (C=O) groups excluding carboxylic acids is 2. The van der Waals surface area contributed by atoms with Crippen molar-refractivity contribution < 1.29 is 14.3 Å². The Morgan fingerprint density at radius 3 is 2.35 bits per heavy atom. The molecule has 2 amide bonds. The molecule has 3 N–H and O–H groups in total. The summed E-state index contributed by atoms with van der Waals surface area (Å²) in [5.41, 5.74) is 2.89. The van der Waals surface area contributed by atoms with Crippen molar-refractivity contribution >= 4 is 23.2 Å². The van der Waals surface area contributed by atoms with Gasteiger partial charge in [0.1, 0.15) is 5.75 Å². The van der Waals surface area contributed by atoms with Gasteiger partial charge in [-0.15, -0.1) is 0 Å². The summed E-state index contributed by atoms with van der Waals surface area (Å²) in [6.07, 6.45) is 0.988. The third-order valence-corrected chi connectivity index (χ3v) is 5.31. The average molecular weight is 460 g/mol. The Kier molecular flexibility index (Phi) is 9.09. The van der Waals surface area contributed by atoms with E-state index in [9.17, 15) is 9.59 Å². The van der Waals surface area contributed by atoms with Gasteiger partial charge in [-0.3, -0.25) is 9.59 Å². The van der Waals surface area contributed by atoms with Crippen LogP contribution >= 0.6 is 0 Å². The van der Waals surface area contributed by atoms with Crippen molar-refractivity contribution in [3.05, 3.63) is 90.0 Å². The highest BCUT2D eigenvalue weighted by molar-refractivity contribution is 5.98. The largest absolute Gasteiger partial charge is 0.494 e. The Bertz CT molecular complexity index is 1080. The molecule has 6 heteroatoms. The molecule has 1 atom stereocenters. The minimum Gasteiger partial charge on any atom is -0.494 e. The number of hydrogen-bond acceptors (Lipinski definition) is 4. The van der Waals surface area contributed by atoms with Crippen LogP contribution in [0.1, 0.15) is 49.2 Å². The molecule has 0 aliphatic heterocycles. The third-order valence-electron chi connectivity index (χ3n) is 5.31. The lowest BCUT2D eigenvalue weighted by molar-refractivity contribution is -0.114. The summed E-state index contributed by atoms with van der Waals surface area (Å²) in [7, 11) is 0. The summed E-state index contributed by atoms with van der Waals surface area (Å²) in [5, 5.41) is 8.95. The van der Waals surface area contributed by atoms with E-state index in [-0.39, 0.29) is 24.4 Å². The smallest absolute Gasteiger partial charge is 0.251 e. The first-order chi connectivity index (χ1) is 16.4. The van der Waals surface area contributed by atoms with E-state index in [2.05, 4.69) is 29.8 Å². The predicted octanol–water partition coefficient (Wildman–Crippen LogP) is 5.65. The highest BCUT2D eigenvalue weighted by Crippen LogP contribution is 2.18. The SMILES string of the molecule is CC(C)CCOc1cccc(NCC(=O)Nc2cccc(C(=O)NC(C)c3ccccc3)c2)c1. The number of rotatable bonds is 11. The number of nitrogens with one attached hydrogen (secondary N) is 3. The average Bonchev–Trinajstić information content (AvgIpc) is 2.83. The standard InChI is InChI=1S/C28H33N3O3/c1-20(2)15-16-34-26-14-8-12-24(18-26)29-19-27(32)31-25-13-7-11-23(17-25)28(33)30-21(3)22-9-5-4-6-10-22/h4-14,17-18,20-21,29H,15-16,19H2,1-3H3,(H,30,33)(H,31,32). The molecule has 0 aliphatic rings. The Morgan fingerprint density at radius 1 is 0.853 bits per heavy atom. The highest BCUT2D eigenvalue weighted by Gasteiger charge is 2.12. The maximum atomic E-state index is 12.7. The number of amides is 2. The second kappa shape index (κ2) is 12.4. The summed E-state index contributed by atoms with van der Waals surface area (Å²) in [5.74, 6) is 0.956. The molecule has 0 saturated heterocycles. The van der Waals surface area contributed by atoms with Gasteiger partial charge in [0.2, 0.25) is 5.91 Å². The number of ether oxygens (including phenoxy) is 1. The van der Waals surface area contributed by atoms with Crippen LogP contribution in [0, 0.1) is 5.92 Å². The molecular formula is C28H33N3O3. The highest BCUT2D eigenvalue weighted by atomic mass is 16.5. The van der Waals surface area contributed by atoms with Crippen LogP contribution in [-0.4, -0.2) is 25.0 Å². The molecule has 3 rings (SSSR count). The van der Waals surface area contributed by atoms with Crippen LogP contribution in [0.4, 0.5) is 11.4 Å². The van der Waals surface area contributed by atoms with E-state index in [1.54, 1.807) is 24.3 Å². The number of benzene rings is 3. The van der Waals surface area contributed by atoms with Crippen LogP contribution < -0.4 is 20.7 Å². The molecule has 178 valence electrons. The zero-order chi connectivity index (χ0) is 24.3. The van der Waals surface area contributed by atoms with Crippen molar-refractivity contribution in [2.24, 2.45) is 5.92 Å². The van der Waals surface area contributed by atoms with Gasteiger partial charge in [-0.2, -0.15) is 0 Å². The topological polar surface area (TPSA) is 79.5 Å². The number of carbonyl (C=O) groups is 2. The Labute approximate surface area is 201 Å². The first kappa shape index (κ1) is 24.8. The lowest BCUT2D eigenvalue weighted by atomic mass is 10.1. The minimum absolute atomic E-state index is 0.0942. The molecule has 34 heavy (non-hydrogen) atoms. The van der Waals surface area contributed by atoms with Crippen LogP contribution in [0.2, 0.25) is 0 Å². The van der Waals surface area contributed by atoms with Crippen LogP contribution in [0.15, 0.2) is 78.9 Å². The van der Waals surface area contributed by atoms with E-state index < -0.39 is 0 Å². The number of anilines is 2. The summed E-state index contributed by atoms with van der Waals surface area (Å²) in [6, 6.07) is 24.1. The molecule has 0 spiro atoms. The fourth-order valence-electron chi connectivity index (χ4n) is 3.34. The fourth-order valence-corrected chi connectivity index (χ4v) is 3.34. The Hall–Kier alpha value is -3.80. The molecule has 0 aromatic heterocycles. The van der Waals surface area contributed by atoms with Gasteiger partial charge >= 0.3 is 0 Å². The van der Waals surface area contributed by atoms with Gasteiger partial charge in [0.25, 0.3) is 5.91 Å². The summed E-state index contributed by atoms with van der Waals surface area (Å²) in [6.45, 7) is 7.02. The van der Waals surface area contributed by atoms with E-state index in [0.29, 0.717) is 23.8 Å². The fraction of sp³-hybridized carbons (Fsp3) is 0.286. The van der Waals surface area contributed by atoms with Gasteiger partial charge < -0.3 is 20.7 Å². The third kappa shape index (κ3) is 7.96. The second-order valence-corrected chi connectivity index (χ2v) is 8.65. The van der Waals surface area contributed by atoms with Crippen LogP contribution in [0.25, 0.3) is 0 Å². The van der Waals surface area contributed by atoms with Crippen LogP contribution in [-0.2, 0) is 4.79 Å². The minimum atomic E-state index is -0.207. The van der Waals surface area contributed by atoms with Gasteiger partial charge in [-0.05, 0) is 55.2 Å². The first-order valence-electron chi connectivity index (χ1n) is 11.6. The van der Waals surface area contributed by atoms with Crippen molar-refractivity contribution in [1.82, 2.24) is 5.32 Å². The molecule has 3 aromatic carbocycles. The van der Waals surface area contributed by atoms with Crippen molar-refractivity contribution in [1.29, 1.82) is 0 Å². The molecule has 0 aliphatic carbocycles. The first-order valence-corrected chi connectivity index (χ1v) is 11.6. The van der Waals surface area contributed by atoms with Gasteiger partial charge in [-0.1, -0.05) is 56.3 Å². The number of hydrogen-bond donors (Lipinski definition) is 3. The lowest BCUT2D eigenvalue weighted by Crippen LogP contribution is -2.27. The Balaban J connectivity index is 1.51. The summed E-state index contributed by atoms with van der Waals surface area (Å²) < 4.78 is 5.77. The summed E-state index contributed by atoms with van der Waals surface area (Å²) in [4.78, 5) is 25.1. The van der Waals surface area contributed by atoms with Gasteiger partial charge in [0.15, 0.2) is 0 Å². The van der Waals surface area contributed by atoms with E-state index in [1.807, 2.05) is 61.5 Å². The molecule has 0 saturated carbocycles. The van der Waals surface area contributed by atoms with Crippen molar-refractivity contribution in [2.45, 2.75) is 33.2 Å².